The number of aromatic nitrogens is 1. The number of benzene rings is 4. The average Bonchev–Trinajstić information content (AvgIpc) is 3.46. The summed E-state index contributed by atoms with van der Waals surface area (Å²) >= 11 is 1.32. The molecule has 0 amide bonds. The lowest BCUT2D eigenvalue weighted by molar-refractivity contribution is -0.252. The van der Waals surface area contributed by atoms with Gasteiger partial charge in [-0.05, 0) is 40.6 Å². The minimum Gasteiger partial charge on any atom is -0.431 e. The third-order valence-corrected chi connectivity index (χ3v) is 8.11. The number of para-hydroxylation sites is 2. The number of thioether (sulfide) groups is 1. The zero-order chi connectivity index (χ0) is 28.6. The highest BCUT2D eigenvalue weighted by Gasteiger charge is 2.49. The van der Waals surface area contributed by atoms with Gasteiger partial charge in [0.2, 0.25) is 0 Å². The SMILES string of the molecule is OC[C@H]1O[C@@H](Sc2nc3ccccc3o2)[C@H](OCc2ccccc2)[C@@H](OCc2ccccc2)[C@@H]1OCc1ccccc1. The second kappa shape index (κ2) is 14.1. The molecule has 5 aromatic rings. The fraction of sp³-hybridized carbons (Fsp3) is 0.265. The third-order valence-electron chi connectivity index (χ3n) is 7.12. The van der Waals surface area contributed by atoms with Gasteiger partial charge in [-0.1, -0.05) is 103 Å². The molecule has 1 saturated heterocycles. The summed E-state index contributed by atoms with van der Waals surface area (Å²) in [6.07, 6.45) is -2.39. The third kappa shape index (κ3) is 7.10. The highest BCUT2D eigenvalue weighted by Crippen LogP contribution is 2.38. The van der Waals surface area contributed by atoms with Crippen LogP contribution in [0.15, 0.2) is 125 Å². The number of aliphatic hydroxyl groups excluding tert-OH is 1. The first kappa shape index (κ1) is 28.6. The zero-order valence-electron chi connectivity index (χ0n) is 23.0. The van der Waals surface area contributed by atoms with Crippen molar-refractivity contribution in [1.82, 2.24) is 4.98 Å². The lowest BCUT2D eigenvalue weighted by Gasteiger charge is -2.45. The molecular weight excluding hydrogens is 550 g/mol. The fourth-order valence-corrected chi connectivity index (χ4v) is 6.04. The Morgan fingerprint density at radius 1 is 0.619 bits per heavy atom. The Labute approximate surface area is 249 Å². The molecular formula is C34H33NO6S. The number of fused-ring (bicyclic) bond motifs is 1. The number of hydrogen-bond donors (Lipinski definition) is 1. The Bertz CT molecular complexity index is 1480. The fourth-order valence-electron chi connectivity index (χ4n) is 4.99. The van der Waals surface area contributed by atoms with Gasteiger partial charge < -0.3 is 28.5 Å². The molecule has 4 aromatic carbocycles. The van der Waals surface area contributed by atoms with Crippen LogP contribution in [0.5, 0.6) is 0 Å². The molecule has 0 saturated carbocycles. The highest BCUT2D eigenvalue weighted by atomic mass is 32.2. The molecule has 8 heteroatoms. The second-order valence-corrected chi connectivity index (χ2v) is 11.1. The monoisotopic (exact) mass is 583 g/mol. The van der Waals surface area contributed by atoms with Crippen molar-refractivity contribution in [1.29, 1.82) is 0 Å². The smallest absolute Gasteiger partial charge is 0.259 e. The van der Waals surface area contributed by atoms with Crippen LogP contribution >= 0.6 is 11.8 Å². The minimum absolute atomic E-state index is 0.249. The molecule has 0 spiro atoms. The Hall–Kier alpha value is -3.50. The summed E-state index contributed by atoms with van der Waals surface area (Å²) in [6, 6.07) is 37.5. The van der Waals surface area contributed by atoms with E-state index >= 15 is 0 Å². The van der Waals surface area contributed by atoms with Crippen LogP contribution < -0.4 is 0 Å². The number of rotatable bonds is 12. The molecule has 0 unspecified atom stereocenters. The van der Waals surface area contributed by atoms with E-state index < -0.39 is 29.9 Å². The van der Waals surface area contributed by atoms with Crippen molar-refractivity contribution < 1.29 is 28.5 Å². The Kier molecular flexibility index (Phi) is 9.61. The van der Waals surface area contributed by atoms with E-state index in [1.807, 2.05) is 115 Å². The largest absolute Gasteiger partial charge is 0.431 e. The van der Waals surface area contributed by atoms with Gasteiger partial charge in [-0.3, -0.25) is 0 Å². The second-order valence-electron chi connectivity index (χ2n) is 10.1. The van der Waals surface area contributed by atoms with Crippen molar-refractivity contribution in [3.8, 4) is 0 Å². The summed E-state index contributed by atoms with van der Waals surface area (Å²) < 4.78 is 32.2. The van der Waals surface area contributed by atoms with Crippen LogP contribution in [0.4, 0.5) is 0 Å². The summed E-state index contributed by atoms with van der Waals surface area (Å²) in [6.45, 7) is 0.784. The number of ether oxygens (including phenoxy) is 4. The molecule has 1 N–H and O–H groups in total. The molecule has 1 aromatic heterocycles. The topological polar surface area (TPSA) is 83.2 Å². The van der Waals surface area contributed by atoms with E-state index in [2.05, 4.69) is 4.98 Å². The molecule has 0 aliphatic carbocycles. The van der Waals surface area contributed by atoms with E-state index in [9.17, 15) is 5.11 Å². The molecule has 1 aliphatic heterocycles. The molecule has 6 rings (SSSR count). The predicted octanol–water partition coefficient (Wildman–Crippen LogP) is 6.39. The van der Waals surface area contributed by atoms with Gasteiger partial charge >= 0.3 is 0 Å². The Morgan fingerprint density at radius 3 is 1.67 bits per heavy atom. The highest BCUT2D eigenvalue weighted by molar-refractivity contribution is 7.99. The van der Waals surface area contributed by atoms with Gasteiger partial charge in [-0.2, -0.15) is 0 Å². The minimum atomic E-state index is -0.659. The Balaban J connectivity index is 1.31. The van der Waals surface area contributed by atoms with E-state index in [1.54, 1.807) is 0 Å². The Morgan fingerprint density at radius 2 is 1.12 bits per heavy atom. The standard InChI is InChI=1S/C34H33NO6S/c36-20-29-30(37-21-24-12-4-1-5-13-24)31(38-22-25-14-6-2-7-15-25)32(39-23-26-16-8-3-9-17-26)33(40-29)42-34-35-27-18-10-11-19-28(27)41-34/h1-19,29-33,36H,20-23H2/t29-,30-,31+,32-,33+/m1/s1. The summed E-state index contributed by atoms with van der Waals surface area (Å²) in [5, 5.41) is 11.0. The van der Waals surface area contributed by atoms with E-state index in [1.165, 1.54) is 11.8 Å². The zero-order valence-corrected chi connectivity index (χ0v) is 23.8. The molecule has 2 heterocycles. The summed E-state index contributed by atoms with van der Waals surface area (Å²) in [4.78, 5) is 4.65. The van der Waals surface area contributed by atoms with Crippen molar-refractivity contribution in [2.45, 2.75) is 54.9 Å². The van der Waals surface area contributed by atoms with Crippen molar-refractivity contribution in [2.75, 3.05) is 6.61 Å². The van der Waals surface area contributed by atoms with Crippen LogP contribution in [0.1, 0.15) is 16.7 Å². The van der Waals surface area contributed by atoms with Gasteiger partial charge in [0, 0.05) is 0 Å². The molecule has 7 nitrogen and oxygen atoms in total. The molecule has 1 aliphatic rings. The summed E-state index contributed by atoms with van der Waals surface area (Å²) in [5.41, 5.74) is 3.93. The van der Waals surface area contributed by atoms with Crippen molar-refractivity contribution in [3.05, 3.63) is 132 Å². The number of oxazole rings is 1. The number of nitrogens with zero attached hydrogens (tertiary/aromatic N) is 1. The van der Waals surface area contributed by atoms with Crippen LogP contribution in [-0.2, 0) is 38.8 Å². The molecule has 5 atom stereocenters. The molecule has 42 heavy (non-hydrogen) atoms. The summed E-state index contributed by atoms with van der Waals surface area (Å²) in [7, 11) is 0. The van der Waals surface area contributed by atoms with Crippen LogP contribution in [-0.4, -0.2) is 46.5 Å². The average molecular weight is 584 g/mol. The molecule has 0 radical (unpaired) electrons. The molecule has 216 valence electrons. The van der Waals surface area contributed by atoms with Gasteiger partial charge in [0.05, 0.1) is 26.4 Å². The van der Waals surface area contributed by atoms with Gasteiger partial charge in [-0.25, -0.2) is 4.98 Å². The van der Waals surface area contributed by atoms with Gasteiger partial charge in [-0.15, -0.1) is 0 Å². The first-order valence-electron chi connectivity index (χ1n) is 14.0. The van der Waals surface area contributed by atoms with E-state index in [0.29, 0.717) is 30.6 Å². The maximum Gasteiger partial charge on any atom is 0.259 e. The van der Waals surface area contributed by atoms with E-state index in [0.717, 1.165) is 22.2 Å². The van der Waals surface area contributed by atoms with Crippen LogP contribution in [0, 0.1) is 0 Å². The lowest BCUT2D eigenvalue weighted by Crippen LogP contribution is -2.60. The van der Waals surface area contributed by atoms with E-state index in [-0.39, 0.29) is 6.61 Å². The van der Waals surface area contributed by atoms with Crippen LogP contribution in [0.25, 0.3) is 11.1 Å². The van der Waals surface area contributed by atoms with Crippen molar-refractivity contribution in [2.24, 2.45) is 0 Å². The normalized spacial score (nSPS) is 22.4. The van der Waals surface area contributed by atoms with Crippen molar-refractivity contribution >= 4 is 22.9 Å². The molecule has 1 fully saturated rings. The van der Waals surface area contributed by atoms with Crippen molar-refractivity contribution in [3.63, 3.8) is 0 Å². The van der Waals surface area contributed by atoms with Gasteiger partial charge in [0.15, 0.2) is 5.58 Å². The number of aliphatic hydroxyl groups is 1. The quantitative estimate of drug-likeness (QED) is 0.181. The van der Waals surface area contributed by atoms with Gasteiger partial charge in [0.1, 0.15) is 35.4 Å². The maximum atomic E-state index is 10.5. The lowest BCUT2D eigenvalue weighted by atomic mass is 9.99. The maximum absolute atomic E-state index is 10.5. The number of hydrogen-bond acceptors (Lipinski definition) is 8. The van der Waals surface area contributed by atoms with Crippen LogP contribution in [0.2, 0.25) is 0 Å². The van der Waals surface area contributed by atoms with Gasteiger partial charge in [0.25, 0.3) is 5.22 Å². The van der Waals surface area contributed by atoms with Crippen LogP contribution in [0.3, 0.4) is 0 Å². The first-order valence-corrected chi connectivity index (χ1v) is 14.9. The van der Waals surface area contributed by atoms with E-state index in [4.69, 9.17) is 23.4 Å². The first-order chi connectivity index (χ1) is 20.8. The predicted molar refractivity (Wildman–Crippen MR) is 161 cm³/mol. The summed E-state index contributed by atoms with van der Waals surface area (Å²) in [5.74, 6) is 0. The molecule has 0 bridgehead atoms.